The second kappa shape index (κ2) is 6.95. The quantitative estimate of drug-likeness (QED) is 0.521. The molecule has 6 nitrogen and oxygen atoms in total. The van der Waals surface area contributed by atoms with Crippen LogP contribution in [0.25, 0.3) is 0 Å². The molecule has 0 spiro atoms. The van der Waals surface area contributed by atoms with Crippen molar-refractivity contribution in [2.24, 2.45) is 0 Å². The number of nitrogens with zero attached hydrogens (tertiary/aromatic N) is 1. The summed E-state index contributed by atoms with van der Waals surface area (Å²) in [5, 5.41) is 0. The van der Waals surface area contributed by atoms with Crippen LogP contribution >= 0.6 is 22.6 Å². The first-order valence-electron chi connectivity index (χ1n) is 6.67. The summed E-state index contributed by atoms with van der Waals surface area (Å²) in [6.45, 7) is -0.391. The second-order valence-corrected chi connectivity index (χ2v) is 8.62. The van der Waals surface area contributed by atoms with Crippen LogP contribution < -0.4 is 0 Å². The fraction of sp³-hybridized carbons (Fsp3) is 0.429. The van der Waals surface area contributed by atoms with E-state index in [1.165, 1.54) is 11.9 Å². The van der Waals surface area contributed by atoms with Gasteiger partial charge in [-0.1, -0.05) is 0 Å². The van der Waals surface area contributed by atoms with E-state index in [9.17, 15) is 18.0 Å². The van der Waals surface area contributed by atoms with E-state index in [-0.39, 0.29) is 17.5 Å². The van der Waals surface area contributed by atoms with Crippen molar-refractivity contribution in [3.05, 3.63) is 33.4 Å². The molecule has 8 heteroatoms. The third kappa shape index (κ3) is 4.42. The lowest BCUT2D eigenvalue weighted by atomic mass is 10.2. The maximum Gasteiger partial charge on any atom is 0.338 e. The fourth-order valence-electron chi connectivity index (χ4n) is 2.18. The molecule has 0 saturated carbocycles. The summed E-state index contributed by atoms with van der Waals surface area (Å²) in [5.74, 6) is -0.906. The van der Waals surface area contributed by atoms with Crippen molar-refractivity contribution < 1.29 is 22.7 Å². The van der Waals surface area contributed by atoms with Crippen molar-refractivity contribution in [1.82, 2.24) is 4.90 Å². The SMILES string of the molecule is CN(C(=O)COC(=O)c1ccc(I)cc1)C1CCS(=O)(=O)C1. The maximum atomic E-state index is 12.0. The zero-order chi connectivity index (χ0) is 16.3. The van der Waals surface area contributed by atoms with Gasteiger partial charge in [0.25, 0.3) is 5.91 Å². The molecule has 1 fully saturated rings. The van der Waals surface area contributed by atoms with Gasteiger partial charge in [-0.25, -0.2) is 13.2 Å². The number of carbonyl (C=O) groups is 2. The van der Waals surface area contributed by atoms with Gasteiger partial charge in [-0.3, -0.25) is 4.79 Å². The molecule has 22 heavy (non-hydrogen) atoms. The van der Waals surface area contributed by atoms with E-state index < -0.39 is 28.3 Å². The number of hydrogen-bond acceptors (Lipinski definition) is 5. The van der Waals surface area contributed by atoms with Gasteiger partial charge in [0.15, 0.2) is 16.4 Å². The van der Waals surface area contributed by atoms with E-state index in [2.05, 4.69) is 22.6 Å². The van der Waals surface area contributed by atoms with Gasteiger partial charge in [0, 0.05) is 16.7 Å². The molecular weight excluding hydrogens is 421 g/mol. The van der Waals surface area contributed by atoms with Gasteiger partial charge in [-0.15, -0.1) is 0 Å². The van der Waals surface area contributed by atoms with E-state index >= 15 is 0 Å². The first-order chi connectivity index (χ1) is 10.3. The van der Waals surface area contributed by atoms with Crippen LogP contribution in [0.5, 0.6) is 0 Å². The Hall–Kier alpha value is -1.16. The lowest BCUT2D eigenvalue weighted by Crippen LogP contribution is -2.40. The minimum absolute atomic E-state index is 0.0275. The molecule has 1 atom stereocenters. The van der Waals surface area contributed by atoms with Crippen molar-refractivity contribution in [2.75, 3.05) is 25.2 Å². The topological polar surface area (TPSA) is 80.8 Å². The monoisotopic (exact) mass is 437 g/mol. The van der Waals surface area contributed by atoms with Crippen LogP contribution in [0.3, 0.4) is 0 Å². The number of carbonyl (C=O) groups excluding carboxylic acids is 2. The van der Waals surface area contributed by atoms with Crippen molar-refractivity contribution >= 4 is 44.3 Å². The van der Waals surface area contributed by atoms with Crippen LogP contribution in [0.1, 0.15) is 16.8 Å². The number of sulfone groups is 1. The average Bonchev–Trinajstić information content (AvgIpc) is 2.84. The Morgan fingerprint density at radius 3 is 2.50 bits per heavy atom. The number of rotatable bonds is 4. The predicted octanol–water partition coefficient (Wildman–Crippen LogP) is 1.09. The smallest absolute Gasteiger partial charge is 0.338 e. The highest BCUT2D eigenvalue weighted by atomic mass is 127. The zero-order valence-corrected chi connectivity index (χ0v) is 15.0. The molecule has 1 aliphatic heterocycles. The molecule has 1 aliphatic rings. The number of amides is 1. The van der Waals surface area contributed by atoms with Gasteiger partial charge >= 0.3 is 5.97 Å². The standard InChI is InChI=1S/C14H16INO5S/c1-16(12-6-7-22(19,20)9-12)13(17)8-21-14(18)10-2-4-11(15)5-3-10/h2-5,12H,6-9H2,1H3. The van der Waals surface area contributed by atoms with Crippen LogP contribution in [0.4, 0.5) is 0 Å². The molecule has 1 aromatic carbocycles. The molecule has 1 heterocycles. The van der Waals surface area contributed by atoms with E-state index in [1.54, 1.807) is 24.3 Å². The zero-order valence-electron chi connectivity index (χ0n) is 12.0. The summed E-state index contributed by atoms with van der Waals surface area (Å²) in [5.41, 5.74) is 0.374. The van der Waals surface area contributed by atoms with Crippen molar-refractivity contribution in [1.29, 1.82) is 0 Å². The van der Waals surface area contributed by atoms with E-state index in [1.807, 2.05) is 0 Å². The van der Waals surface area contributed by atoms with Crippen molar-refractivity contribution in [2.45, 2.75) is 12.5 Å². The number of esters is 1. The molecule has 1 aromatic rings. The van der Waals surface area contributed by atoms with Gasteiger partial charge < -0.3 is 9.64 Å². The van der Waals surface area contributed by atoms with E-state index in [0.717, 1.165) is 3.57 Å². The molecule has 0 aromatic heterocycles. The van der Waals surface area contributed by atoms with Crippen molar-refractivity contribution in [3.63, 3.8) is 0 Å². The molecule has 0 aliphatic carbocycles. The predicted molar refractivity (Wildman–Crippen MR) is 89.3 cm³/mol. The molecule has 0 bridgehead atoms. The summed E-state index contributed by atoms with van der Waals surface area (Å²) < 4.78 is 28.8. The molecule has 0 radical (unpaired) electrons. The highest BCUT2D eigenvalue weighted by molar-refractivity contribution is 14.1. The number of halogens is 1. The summed E-state index contributed by atoms with van der Waals surface area (Å²) in [6, 6.07) is 6.46. The Morgan fingerprint density at radius 2 is 1.95 bits per heavy atom. The normalized spacial score (nSPS) is 19.6. The Labute approximate surface area is 142 Å². The third-order valence-corrected chi connectivity index (χ3v) is 6.03. The fourth-order valence-corrected chi connectivity index (χ4v) is 4.32. The Balaban J connectivity index is 1.87. The minimum atomic E-state index is -3.05. The largest absolute Gasteiger partial charge is 0.452 e. The van der Waals surface area contributed by atoms with E-state index in [4.69, 9.17) is 4.74 Å². The maximum absolute atomic E-state index is 12.0. The van der Waals surface area contributed by atoms with Gasteiger partial charge in [-0.2, -0.15) is 0 Å². The summed E-state index contributed by atoms with van der Waals surface area (Å²) in [7, 11) is -1.52. The first kappa shape index (κ1) is 17.2. The Morgan fingerprint density at radius 1 is 1.32 bits per heavy atom. The molecule has 2 rings (SSSR count). The van der Waals surface area contributed by atoms with Crippen LogP contribution in [-0.2, 0) is 19.4 Å². The summed E-state index contributed by atoms with van der Waals surface area (Å²) in [6.07, 6.45) is 0.426. The van der Waals surface area contributed by atoms with Crippen LogP contribution in [-0.4, -0.2) is 56.4 Å². The van der Waals surface area contributed by atoms with Gasteiger partial charge in [0.1, 0.15) is 0 Å². The number of benzene rings is 1. The van der Waals surface area contributed by atoms with Crippen LogP contribution in [0.2, 0.25) is 0 Å². The highest BCUT2D eigenvalue weighted by Crippen LogP contribution is 2.16. The average molecular weight is 437 g/mol. The highest BCUT2D eigenvalue weighted by Gasteiger charge is 2.32. The molecule has 1 unspecified atom stereocenters. The van der Waals surface area contributed by atoms with E-state index in [0.29, 0.717) is 12.0 Å². The Kier molecular flexibility index (Phi) is 5.43. The molecular formula is C14H16INO5S. The first-order valence-corrected chi connectivity index (χ1v) is 9.57. The lowest BCUT2D eigenvalue weighted by Gasteiger charge is -2.23. The summed E-state index contributed by atoms with van der Waals surface area (Å²) >= 11 is 2.12. The van der Waals surface area contributed by atoms with Gasteiger partial charge in [-0.05, 0) is 53.3 Å². The molecule has 1 saturated heterocycles. The van der Waals surface area contributed by atoms with Gasteiger partial charge in [0.05, 0.1) is 17.1 Å². The van der Waals surface area contributed by atoms with Crippen LogP contribution in [0, 0.1) is 3.57 Å². The second-order valence-electron chi connectivity index (χ2n) is 5.14. The molecule has 1 amide bonds. The minimum Gasteiger partial charge on any atom is -0.452 e. The Bertz CT molecular complexity index is 671. The van der Waals surface area contributed by atoms with Crippen molar-refractivity contribution in [3.8, 4) is 0 Å². The molecule has 0 N–H and O–H groups in total. The number of likely N-dealkylation sites (N-methyl/N-ethyl adjacent to an activating group) is 1. The number of ether oxygens (including phenoxy) is 1. The summed E-state index contributed by atoms with van der Waals surface area (Å²) in [4.78, 5) is 25.2. The lowest BCUT2D eigenvalue weighted by molar-refractivity contribution is -0.134. The third-order valence-electron chi connectivity index (χ3n) is 3.56. The number of hydrogen-bond donors (Lipinski definition) is 0. The van der Waals surface area contributed by atoms with Crippen LogP contribution in [0.15, 0.2) is 24.3 Å². The molecule has 120 valence electrons. The van der Waals surface area contributed by atoms with Gasteiger partial charge in [0.2, 0.25) is 0 Å².